The Morgan fingerprint density at radius 1 is 1.56 bits per heavy atom. The maximum atomic E-state index is 12.1. The minimum atomic E-state index is -0.116. The van der Waals surface area contributed by atoms with Gasteiger partial charge in [-0.25, -0.2) is 0 Å². The summed E-state index contributed by atoms with van der Waals surface area (Å²) in [7, 11) is 1.56. The molecule has 0 saturated carbocycles. The number of amides is 1. The zero-order valence-corrected chi connectivity index (χ0v) is 11.8. The van der Waals surface area contributed by atoms with Gasteiger partial charge in [0.2, 0.25) is 0 Å². The molecular formula is C13H16BrNO3. The SMILES string of the molecule is COc1cc(Br)ccc1C(=O)NC1CCCOC1. The molecule has 98 valence electrons. The van der Waals surface area contributed by atoms with Crippen molar-refractivity contribution in [1.29, 1.82) is 0 Å². The summed E-state index contributed by atoms with van der Waals surface area (Å²) in [6.45, 7) is 1.37. The molecule has 4 nitrogen and oxygen atoms in total. The van der Waals surface area contributed by atoms with Gasteiger partial charge >= 0.3 is 0 Å². The lowest BCUT2D eigenvalue weighted by Crippen LogP contribution is -2.40. The fourth-order valence-corrected chi connectivity index (χ4v) is 2.31. The van der Waals surface area contributed by atoms with Gasteiger partial charge < -0.3 is 14.8 Å². The van der Waals surface area contributed by atoms with E-state index in [1.54, 1.807) is 19.2 Å². The minimum Gasteiger partial charge on any atom is -0.496 e. The second-order valence-electron chi connectivity index (χ2n) is 4.23. The molecule has 0 aliphatic carbocycles. The molecule has 1 saturated heterocycles. The lowest BCUT2D eigenvalue weighted by Gasteiger charge is -2.23. The second kappa shape index (κ2) is 6.20. The first-order valence-electron chi connectivity index (χ1n) is 5.93. The third kappa shape index (κ3) is 3.23. The molecule has 1 unspecified atom stereocenters. The molecule has 5 heteroatoms. The minimum absolute atomic E-state index is 0.0969. The Hall–Kier alpha value is -1.07. The Kier molecular flexibility index (Phi) is 4.60. The Morgan fingerprint density at radius 3 is 3.06 bits per heavy atom. The number of hydrogen-bond donors (Lipinski definition) is 1. The number of carbonyl (C=O) groups is 1. The van der Waals surface area contributed by atoms with E-state index < -0.39 is 0 Å². The summed E-state index contributed by atoms with van der Waals surface area (Å²) >= 11 is 3.35. The molecule has 18 heavy (non-hydrogen) atoms. The van der Waals surface area contributed by atoms with Crippen LogP contribution in [0.4, 0.5) is 0 Å². The van der Waals surface area contributed by atoms with E-state index in [-0.39, 0.29) is 11.9 Å². The van der Waals surface area contributed by atoms with Crippen LogP contribution in [-0.2, 0) is 4.74 Å². The Bertz CT molecular complexity index is 430. The van der Waals surface area contributed by atoms with Crippen LogP contribution < -0.4 is 10.1 Å². The van der Waals surface area contributed by atoms with Gasteiger partial charge in [0.25, 0.3) is 5.91 Å². The van der Waals surface area contributed by atoms with Crippen molar-refractivity contribution >= 4 is 21.8 Å². The second-order valence-corrected chi connectivity index (χ2v) is 5.15. The summed E-state index contributed by atoms with van der Waals surface area (Å²) in [5.41, 5.74) is 0.547. The van der Waals surface area contributed by atoms with Gasteiger partial charge in [-0.15, -0.1) is 0 Å². The van der Waals surface area contributed by atoms with Gasteiger partial charge in [-0.2, -0.15) is 0 Å². The van der Waals surface area contributed by atoms with Crippen LogP contribution in [0.15, 0.2) is 22.7 Å². The van der Waals surface area contributed by atoms with Gasteiger partial charge in [0.05, 0.1) is 25.3 Å². The standard InChI is InChI=1S/C13H16BrNO3/c1-17-12-7-9(14)4-5-11(12)13(16)15-10-3-2-6-18-8-10/h4-5,7,10H,2-3,6,8H2,1H3,(H,15,16). The number of halogens is 1. The topological polar surface area (TPSA) is 47.6 Å². The fourth-order valence-electron chi connectivity index (χ4n) is 1.97. The summed E-state index contributed by atoms with van der Waals surface area (Å²) in [4.78, 5) is 12.1. The molecule has 1 aliphatic heterocycles. The average molecular weight is 314 g/mol. The molecule has 1 aromatic carbocycles. The highest BCUT2D eigenvalue weighted by atomic mass is 79.9. The van der Waals surface area contributed by atoms with Gasteiger partial charge in [0, 0.05) is 11.1 Å². The van der Waals surface area contributed by atoms with Gasteiger partial charge in [0.1, 0.15) is 5.75 Å². The first-order valence-corrected chi connectivity index (χ1v) is 6.72. The summed E-state index contributed by atoms with van der Waals surface area (Å²) in [6, 6.07) is 5.46. The number of nitrogens with one attached hydrogen (secondary N) is 1. The molecule has 0 aromatic heterocycles. The first kappa shape index (κ1) is 13.4. The molecule has 1 fully saturated rings. The van der Waals surface area contributed by atoms with Crippen molar-refractivity contribution in [1.82, 2.24) is 5.32 Å². The molecule has 1 heterocycles. The van der Waals surface area contributed by atoms with E-state index in [9.17, 15) is 4.79 Å². The largest absolute Gasteiger partial charge is 0.496 e. The molecule has 0 radical (unpaired) electrons. The van der Waals surface area contributed by atoms with E-state index in [1.807, 2.05) is 6.07 Å². The van der Waals surface area contributed by atoms with Crippen LogP contribution in [-0.4, -0.2) is 32.3 Å². The summed E-state index contributed by atoms with van der Waals surface area (Å²) in [5, 5.41) is 2.97. The Balaban J connectivity index is 2.08. The van der Waals surface area contributed by atoms with Crippen molar-refractivity contribution in [2.75, 3.05) is 20.3 Å². The van der Waals surface area contributed by atoms with Crippen LogP contribution >= 0.6 is 15.9 Å². The predicted octanol–water partition coefficient (Wildman–Crippen LogP) is 2.37. The number of carbonyl (C=O) groups excluding carboxylic acids is 1. The van der Waals surface area contributed by atoms with E-state index >= 15 is 0 Å². The lowest BCUT2D eigenvalue weighted by molar-refractivity contribution is 0.0623. The van der Waals surface area contributed by atoms with Crippen molar-refractivity contribution in [2.45, 2.75) is 18.9 Å². The molecule has 1 aromatic rings. The highest BCUT2D eigenvalue weighted by Crippen LogP contribution is 2.23. The summed E-state index contributed by atoms with van der Waals surface area (Å²) in [6.07, 6.45) is 1.95. The zero-order valence-electron chi connectivity index (χ0n) is 10.2. The van der Waals surface area contributed by atoms with E-state index in [0.717, 1.165) is 23.9 Å². The van der Waals surface area contributed by atoms with Crippen molar-refractivity contribution in [3.8, 4) is 5.75 Å². The molecule has 0 spiro atoms. The van der Waals surface area contributed by atoms with Crippen LogP contribution in [0.3, 0.4) is 0 Å². The normalized spacial score (nSPS) is 19.3. The van der Waals surface area contributed by atoms with Crippen molar-refractivity contribution in [2.24, 2.45) is 0 Å². The zero-order chi connectivity index (χ0) is 13.0. The molecule has 1 amide bonds. The molecule has 1 atom stereocenters. The number of ether oxygens (including phenoxy) is 2. The van der Waals surface area contributed by atoms with Crippen molar-refractivity contribution < 1.29 is 14.3 Å². The van der Waals surface area contributed by atoms with Crippen molar-refractivity contribution in [3.63, 3.8) is 0 Å². The monoisotopic (exact) mass is 313 g/mol. The van der Waals surface area contributed by atoms with Crippen LogP contribution in [0.1, 0.15) is 23.2 Å². The molecule has 1 N–H and O–H groups in total. The van der Waals surface area contributed by atoms with E-state index in [2.05, 4.69) is 21.2 Å². The van der Waals surface area contributed by atoms with E-state index in [0.29, 0.717) is 17.9 Å². The van der Waals surface area contributed by atoms with Gasteiger partial charge in [-0.1, -0.05) is 15.9 Å². The first-order chi connectivity index (χ1) is 8.70. The molecule has 1 aliphatic rings. The quantitative estimate of drug-likeness (QED) is 0.932. The predicted molar refractivity (Wildman–Crippen MR) is 72.0 cm³/mol. The Labute approximate surface area is 115 Å². The molecular weight excluding hydrogens is 298 g/mol. The maximum absolute atomic E-state index is 12.1. The van der Waals surface area contributed by atoms with E-state index in [1.165, 1.54) is 0 Å². The van der Waals surface area contributed by atoms with Crippen LogP contribution in [0.5, 0.6) is 5.75 Å². The molecule has 0 bridgehead atoms. The summed E-state index contributed by atoms with van der Waals surface area (Å²) < 4.78 is 11.4. The number of hydrogen-bond acceptors (Lipinski definition) is 3. The van der Waals surface area contributed by atoms with Gasteiger partial charge in [-0.05, 0) is 31.0 Å². The summed E-state index contributed by atoms with van der Waals surface area (Å²) in [5.74, 6) is 0.452. The number of methoxy groups -OCH3 is 1. The maximum Gasteiger partial charge on any atom is 0.255 e. The highest BCUT2D eigenvalue weighted by Gasteiger charge is 2.19. The smallest absolute Gasteiger partial charge is 0.255 e. The number of benzene rings is 1. The fraction of sp³-hybridized carbons (Fsp3) is 0.462. The third-order valence-corrected chi connectivity index (χ3v) is 3.40. The van der Waals surface area contributed by atoms with Gasteiger partial charge in [0.15, 0.2) is 0 Å². The Morgan fingerprint density at radius 2 is 2.39 bits per heavy atom. The van der Waals surface area contributed by atoms with Crippen LogP contribution in [0.25, 0.3) is 0 Å². The average Bonchev–Trinajstić information content (AvgIpc) is 2.39. The highest BCUT2D eigenvalue weighted by molar-refractivity contribution is 9.10. The van der Waals surface area contributed by atoms with E-state index in [4.69, 9.17) is 9.47 Å². The van der Waals surface area contributed by atoms with Crippen molar-refractivity contribution in [3.05, 3.63) is 28.2 Å². The number of rotatable bonds is 3. The van der Waals surface area contributed by atoms with Crippen LogP contribution in [0.2, 0.25) is 0 Å². The van der Waals surface area contributed by atoms with Gasteiger partial charge in [-0.3, -0.25) is 4.79 Å². The lowest BCUT2D eigenvalue weighted by atomic mass is 10.1. The van der Waals surface area contributed by atoms with Crippen LogP contribution in [0, 0.1) is 0 Å². The molecule has 2 rings (SSSR count). The third-order valence-electron chi connectivity index (χ3n) is 2.90.